The number of aryl methyl sites for hydroxylation is 2. The molecule has 2 nitrogen and oxygen atoms in total. The standard InChI is InChI=1S/C28H26N2/c1-5-25-29-27(20-12-8-6-10-18(20)4)23-15-14-22-21-13-9-7-11-19(21)16-24(17(2)3)26(22)28(23)30-25/h6-17H,5H2,1-4H3. The fourth-order valence-electron chi connectivity index (χ4n) is 4.52. The zero-order chi connectivity index (χ0) is 20.8. The summed E-state index contributed by atoms with van der Waals surface area (Å²) in [5, 5.41) is 6.25. The number of benzene rings is 4. The summed E-state index contributed by atoms with van der Waals surface area (Å²) in [5.41, 5.74) is 5.89. The zero-order valence-corrected chi connectivity index (χ0v) is 18.0. The number of rotatable bonds is 3. The molecule has 0 bridgehead atoms. The van der Waals surface area contributed by atoms with Crippen LogP contribution in [0.1, 0.15) is 43.6 Å². The Morgan fingerprint density at radius 3 is 2.30 bits per heavy atom. The molecule has 0 N–H and O–H groups in total. The van der Waals surface area contributed by atoms with Gasteiger partial charge < -0.3 is 0 Å². The third-order valence-electron chi connectivity index (χ3n) is 6.10. The Balaban J connectivity index is 2.01. The minimum absolute atomic E-state index is 0.407. The van der Waals surface area contributed by atoms with Gasteiger partial charge in [0.05, 0.1) is 11.2 Å². The molecule has 0 amide bonds. The highest BCUT2D eigenvalue weighted by molar-refractivity contribution is 6.19. The van der Waals surface area contributed by atoms with Gasteiger partial charge in [0, 0.05) is 22.8 Å². The Hall–Kier alpha value is -3.26. The number of hydrogen-bond acceptors (Lipinski definition) is 2. The topological polar surface area (TPSA) is 25.8 Å². The monoisotopic (exact) mass is 390 g/mol. The first kappa shape index (κ1) is 18.7. The first-order valence-corrected chi connectivity index (χ1v) is 10.8. The van der Waals surface area contributed by atoms with Gasteiger partial charge in [0.1, 0.15) is 5.82 Å². The summed E-state index contributed by atoms with van der Waals surface area (Å²) in [7, 11) is 0. The van der Waals surface area contributed by atoms with Crippen molar-refractivity contribution in [3.8, 4) is 11.3 Å². The van der Waals surface area contributed by atoms with Crippen molar-refractivity contribution in [1.29, 1.82) is 0 Å². The molecule has 0 saturated heterocycles. The highest BCUT2D eigenvalue weighted by Crippen LogP contribution is 2.39. The maximum Gasteiger partial charge on any atom is 0.129 e. The fraction of sp³-hybridized carbons (Fsp3) is 0.214. The first-order chi connectivity index (χ1) is 14.6. The van der Waals surface area contributed by atoms with Crippen LogP contribution in [0.3, 0.4) is 0 Å². The summed E-state index contributed by atoms with van der Waals surface area (Å²) in [6.07, 6.45) is 0.815. The number of nitrogens with zero attached hydrogens (tertiary/aromatic N) is 2. The van der Waals surface area contributed by atoms with Crippen molar-refractivity contribution >= 4 is 32.4 Å². The second-order valence-electron chi connectivity index (χ2n) is 8.38. The van der Waals surface area contributed by atoms with Gasteiger partial charge in [-0.2, -0.15) is 0 Å². The van der Waals surface area contributed by atoms with E-state index in [4.69, 9.17) is 9.97 Å². The van der Waals surface area contributed by atoms with Gasteiger partial charge in [0.25, 0.3) is 0 Å². The Morgan fingerprint density at radius 1 is 0.800 bits per heavy atom. The molecule has 5 rings (SSSR count). The van der Waals surface area contributed by atoms with Crippen LogP contribution in [-0.2, 0) is 6.42 Å². The predicted molar refractivity (Wildman–Crippen MR) is 128 cm³/mol. The Kier molecular flexibility index (Phi) is 4.51. The molecule has 0 atom stereocenters. The van der Waals surface area contributed by atoms with Crippen molar-refractivity contribution in [2.45, 2.75) is 40.0 Å². The van der Waals surface area contributed by atoms with Crippen molar-refractivity contribution < 1.29 is 0 Å². The van der Waals surface area contributed by atoms with Gasteiger partial charge in [-0.15, -0.1) is 0 Å². The van der Waals surface area contributed by atoms with Crippen LogP contribution >= 0.6 is 0 Å². The van der Waals surface area contributed by atoms with E-state index in [0.29, 0.717) is 5.92 Å². The predicted octanol–water partition coefficient (Wildman–Crippen LogP) is 7.60. The summed E-state index contributed by atoms with van der Waals surface area (Å²) in [6.45, 7) is 8.83. The van der Waals surface area contributed by atoms with Crippen molar-refractivity contribution in [3.63, 3.8) is 0 Å². The van der Waals surface area contributed by atoms with Gasteiger partial charge in [-0.3, -0.25) is 0 Å². The van der Waals surface area contributed by atoms with Crippen LogP contribution in [0.15, 0.2) is 66.7 Å². The number of aromatic nitrogens is 2. The van der Waals surface area contributed by atoms with Crippen molar-refractivity contribution in [2.24, 2.45) is 0 Å². The van der Waals surface area contributed by atoms with Crippen LogP contribution in [0.4, 0.5) is 0 Å². The average Bonchev–Trinajstić information content (AvgIpc) is 2.77. The van der Waals surface area contributed by atoms with Crippen LogP contribution in [0.2, 0.25) is 0 Å². The molecule has 4 aromatic carbocycles. The maximum absolute atomic E-state index is 5.08. The largest absolute Gasteiger partial charge is 0.232 e. The minimum atomic E-state index is 0.407. The van der Waals surface area contributed by atoms with Crippen molar-refractivity contribution in [1.82, 2.24) is 9.97 Å². The molecule has 148 valence electrons. The molecular weight excluding hydrogens is 364 g/mol. The molecule has 0 aliphatic heterocycles. The lowest BCUT2D eigenvalue weighted by atomic mass is 9.89. The lowest BCUT2D eigenvalue weighted by Crippen LogP contribution is -2.01. The van der Waals surface area contributed by atoms with E-state index in [9.17, 15) is 0 Å². The molecule has 0 unspecified atom stereocenters. The summed E-state index contributed by atoms with van der Waals surface area (Å²) in [5.74, 6) is 1.31. The van der Waals surface area contributed by atoms with E-state index in [0.717, 1.165) is 28.8 Å². The fourth-order valence-corrected chi connectivity index (χ4v) is 4.52. The van der Waals surface area contributed by atoms with Crippen LogP contribution in [0.5, 0.6) is 0 Å². The van der Waals surface area contributed by atoms with E-state index >= 15 is 0 Å². The van der Waals surface area contributed by atoms with Gasteiger partial charge in [-0.1, -0.05) is 81.4 Å². The average molecular weight is 391 g/mol. The molecular formula is C28H26N2. The quantitative estimate of drug-likeness (QED) is 0.296. The molecule has 1 heterocycles. The van der Waals surface area contributed by atoms with Crippen LogP contribution < -0.4 is 0 Å². The van der Waals surface area contributed by atoms with Crippen molar-refractivity contribution in [2.75, 3.05) is 0 Å². The molecule has 0 aliphatic carbocycles. The summed E-state index contributed by atoms with van der Waals surface area (Å²) in [6, 6.07) is 24.0. The zero-order valence-electron chi connectivity index (χ0n) is 18.0. The molecule has 1 aromatic heterocycles. The van der Waals surface area contributed by atoms with E-state index in [1.165, 1.54) is 38.2 Å². The van der Waals surface area contributed by atoms with Gasteiger partial charge in [0.2, 0.25) is 0 Å². The van der Waals surface area contributed by atoms with Crippen LogP contribution in [0.25, 0.3) is 43.7 Å². The lowest BCUT2D eigenvalue weighted by Gasteiger charge is -2.17. The van der Waals surface area contributed by atoms with Gasteiger partial charge in [0.15, 0.2) is 0 Å². The molecule has 0 radical (unpaired) electrons. The smallest absolute Gasteiger partial charge is 0.129 e. The van der Waals surface area contributed by atoms with Gasteiger partial charge >= 0.3 is 0 Å². The molecule has 0 saturated carbocycles. The van der Waals surface area contributed by atoms with Gasteiger partial charge in [-0.05, 0) is 46.2 Å². The van der Waals surface area contributed by atoms with E-state index < -0.39 is 0 Å². The normalized spacial score (nSPS) is 11.8. The van der Waals surface area contributed by atoms with E-state index in [1.807, 2.05) is 0 Å². The summed E-state index contributed by atoms with van der Waals surface area (Å²) < 4.78 is 0. The van der Waals surface area contributed by atoms with Crippen LogP contribution in [0, 0.1) is 6.92 Å². The Bertz CT molecular complexity index is 1410. The SMILES string of the molecule is CCc1nc(-c2ccccc2C)c2ccc3c4ccccc4cc(C(C)C)c3c2n1. The van der Waals surface area contributed by atoms with E-state index in [1.54, 1.807) is 0 Å². The molecule has 0 aliphatic rings. The maximum atomic E-state index is 5.08. The number of fused-ring (bicyclic) bond motifs is 5. The highest BCUT2D eigenvalue weighted by Gasteiger charge is 2.17. The number of hydrogen-bond donors (Lipinski definition) is 0. The molecule has 0 fully saturated rings. The van der Waals surface area contributed by atoms with Gasteiger partial charge in [-0.25, -0.2) is 9.97 Å². The molecule has 30 heavy (non-hydrogen) atoms. The molecule has 5 aromatic rings. The van der Waals surface area contributed by atoms with E-state index in [-0.39, 0.29) is 0 Å². The summed E-state index contributed by atoms with van der Waals surface area (Å²) >= 11 is 0. The Morgan fingerprint density at radius 2 is 1.53 bits per heavy atom. The highest BCUT2D eigenvalue weighted by atomic mass is 14.9. The Labute approximate surface area is 177 Å². The van der Waals surface area contributed by atoms with E-state index in [2.05, 4.69) is 94.4 Å². The minimum Gasteiger partial charge on any atom is -0.232 e. The van der Waals surface area contributed by atoms with Crippen LogP contribution in [-0.4, -0.2) is 9.97 Å². The van der Waals surface area contributed by atoms with Crippen molar-refractivity contribution in [3.05, 3.63) is 83.7 Å². The third kappa shape index (κ3) is 2.87. The molecule has 2 heteroatoms. The summed E-state index contributed by atoms with van der Waals surface area (Å²) in [4.78, 5) is 10.1. The second-order valence-corrected chi connectivity index (χ2v) is 8.38. The molecule has 0 spiro atoms. The lowest BCUT2D eigenvalue weighted by molar-refractivity contribution is 0.878. The second kappa shape index (κ2) is 7.21. The first-order valence-electron chi connectivity index (χ1n) is 10.8. The third-order valence-corrected chi connectivity index (χ3v) is 6.10.